The summed E-state index contributed by atoms with van der Waals surface area (Å²) in [5.41, 5.74) is 12.9. The minimum atomic E-state index is -0.0636. The monoisotopic (exact) mass is 498 g/mol. The Morgan fingerprint density at radius 3 is 1.56 bits per heavy atom. The van der Waals surface area contributed by atoms with Crippen LogP contribution in [0.5, 0.6) is 0 Å². The van der Waals surface area contributed by atoms with E-state index < -0.39 is 0 Å². The van der Waals surface area contributed by atoms with E-state index in [0.717, 1.165) is 0 Å². The molecule has 0 saturated carbocycles. The van der Waals surface area contributed by atoms with Gasteiger partial charge in [0.2, 0.25) is 0 Å². The molecule has 0 nitrogen and oxygen atoms in total. The summed E-state index contributed by atoms with van der Waals surface area (Å²) in [4.78, 5) is 0. The Morgan fingerprint density at radius 2 is 0.897 bits per heavy atom. The van der Waals surface area contributed by atoms with Crippen LogP contribution in [0.1, 0.15) is 36.1 Å². The standard InChI is InChI=1S/C39H30/c1-39(2)37-25-33(30-16-14-28(15-17-30)13-12-27-8-4-3-5-9-27)20-22-35(37)36-23-21-34(26-38(36)39)32-19-18-29-10-6-7-11-31(29)24-32/h3-26H,1-2H3. The van der Waals surface area contributed by atoms with E-state index in [-0.39, 0.29) is 5.41 Å². The summed E-state index contributed by atoms with van der Waals surface area (Å²) in [5.74, 6) is 0. The van der Waals surface area contributed by atoms with E-state index in [2.05, 4.69) is 153 Å². The fraction of sp³-hybridized carbons (Fsp3) is 0.0769. The van der Waals surface area contributed by atoms with Crippen molar-refractivity contribution in [3.8, 4) is 33.4 Å². The molecule has 0 aliphatic heterocycles. The first-order valence-electron chi connectivity index (χ1n) is 13.7. The molecular weight excluding hydrogens is 468 g/mol. The predicted octanol–water partition coefficient (Wildman–Crippen LogP) is 10.7. The molecule has 0 aromatic heterocycles. The number of benzene rings is 6. The highest BCUT2D eigenvalue weighted by Gasteiger charge is 2.35. The topological polar surface area (TPSA) is 0 Å². The Balaban J connectivity index is 1.20. The number of fused-ring (bicyclic) bond motifs is 4. The van der Waals surface area contributed by atoms with E-state index in [1.807, 2.05) is 6.07 Å². The van der Waals surface area contributed by atoms with Gasteiger partial charge in [-0.2, -0.15) is 0 Å². The Labute approximate surface area is 230 Å². The molecule has 0 unspecified atom stereocenters. The molecule has 39 heavy (non-hydrogen) atoms. The quantitative estimate of drug-likeness (QED) is 0.212. The Hall–Kier alpha value is -4.68. The van der Waals surface area contributed by atoms with Gasteiger partial charge in [-0.25, -0.2) is 0 Å². The highest BCUT2D eigenvalue weighted by Crippen LogP contribution is 2.50. The van der Waals surface area contributed by atoms with Gasteiger partial charge in [0.05, 0.1) is 0 Å². The normalized spacial score (nSPS) is 13.5. The largest absolute Gasteiger partial charge is 0.0622 e. The van der Waals surface area contributed by atoms with Crippen LogP contribution in [0.15, 0.2) is 133 Å². The van der Waals surface area contributed by atoms with Gasteiger partial charge in [0.15, 0.2) is 0 Å². The highest BCUT2D eigenvalue weighted by atomic mass is 14.4. The van der Waals surface area contributed by atoms with E-state index in [1.54, 1.807) is 0 Å². The van der Waals surface area contributed by atoms with E-state index in [4.69, 9.17) is 0 Å². The second kappa shape index (κ2) is 9.26. The van der Waals surface area contributed by atoms with Gasteiger partial charge >= 0.3 is 0 Å². The lowest BCUT2D eigenvalue weighted by Gasteiger charge is -2.22. The molecule has 6 aromatic rings. The van der Waals surface area contributed by atoms with Crippen LogP contribution in [0.25, 0.3) is 56.3 Å². The van der Waals surface area contributed by atoms with Crippen molar-refractivity contribution in [2.24, 2.45) is 0 Å². The second-order valence-electron chi connectivity index (χ2n) is 11.1. The van der Waals surface area contributed by atoms with Crippen LogP contribution >= 0.6 is 0 Å². The molecule has 0 atom stereocenters. The van der Waals surface area contributed by atoms with E-state index >= 15 is 0 Å². The van der Waals surface area contributed by atoms with Gasteiger partial charge in [0.25, 0.3) is 0 Å². The van der Waals surface area contributed by atoms with Crippen LogP contribution in [0.4, 0.5) is 0 Å². The maximum Gasteiger partial charge on any atom is 0.0159 e. The summed E-state index contributed by atoms with van der Waals surface area (Å²) in [6.45, 7) is 4.73. The minimum Gasteiger partial charge on any atom is -0.0622 e. The molecule has 0 bridgehead atoms. The molecule has 1 aliphatic rings. The van der Waals surface area contributed by atoms with Gasteiger partial charge in [-0.3, -0.25) is 0 Å². The second-order valence-corrected chi connectivity index (χ2v) is 11.1. The van der Waals surface area contributed by atoms with Gasteiger partial charge in [0, 0.05) is 5.41 Å². The van der Waals surface area contributed by atoms with Crippen molar-refractivity contribution in [3.05, 3.63) is 156 Å². The Kier molecular flexibility index (Phi) is 5.56. The average Bonchev–Trinajstić information content (AvgIpc) is 3.22. The van der Waals surface area contributed by atoms with Gasteiger partial charge in [-0.1, -0.05) is 141 Å². The molecule has 0 N–H and O–H groups in total. The Bertz CT molecular complexity index is 1850. The molecule has 7 rings (SSSR count). The van der Waals surface area contributed by atoms with Crippen molar-refractivity contribution in [3.63, 3.8) is 0 Å². The summed E-state index contributed by atoms with van der Waals surface area (Å²) in [5, 5.41) is 2.56. The van der Waals surface area contributed by atoms with Crippen molar-refractivity contribution in [2.75, 3.05) is 0 Å². The van der Waals surface area contributed by atoms with Crippen LogP contribution in [0, 0.1) is 0 Å². The molecule has 0 fully saturated rings. The summed E-state index contributed by atoms with van der Waals surface area (Å²) < 4.78 is 0. The fourth-order valence-electron chi connectivity index (χ4n) is 6.01. The first-order valence-corrected chi connectivity index (χ1v) is 13.7. The zero-order valence-corrected chi connectivity index (χ0v) is 22.4. The lowest BCUT2D eigenvalue weighted by atomic mass is 9.80. The highest BCUT2D eigenvalue weighted by molar-refractivity contribution is 5.89. The maximum atomic E-state index is 2.41. The van der Waals surface area contributed by atoms with Crippen molar-refractivity contribution in [2.45, 2.75) is 19.3 Å². The zero-order chi connectivity index (χ0) is 26.4. The van der Waals surface area contributed by atoms with Crippen LogP contribution in [0.3, 0.4) is 0 Å². The number of hydrogen-bond acceptors (Lipinski definition) is 0. The third kappa shape index (κ3) is 4.19. The molecule has 0 heterocycles. The summed E-state index contributed by atoms with van der Waals surface area (Å²) in [7, 11) is 0. The first kappa shape index (κ1) is 23.4. The van der Waals surface area contributed by atoms with Gasteiger partial charge < -0.3 is 0 Å². The van der Waals surface area contributed by atoms with Crippen molar-refractivity contribution in [1.82, 2.24) is 0 Å². The van der Waals surface area contributed by atoms with Crippen LogP contribution in [0.2, 0.25) is 0 Å². The van der Waals surface area contributed by atoms with Crippen molar-refractivity contribution < 1.29 is 0 Å². The summed E-state index contributed by atoms with van der Waals surface area (Å²) >= 11 is 0. The third-order valence-electron chi connectivity index (χ3n) is 8.27. The van der Waals surface area contributed by atoms with Gasteiger partial charge in [0.1, 0.15) is 0 Å². The maximum absolute atomic E-state index is 2.41. The molecule has 0 radical (unpaired) electrons. The predicted molar refractivity (Wildman–Crippen MR) is 168 cm³/mol. The fourth-order valence-corrected chi connectivity index (χ4v) is 6.01. The molecule has 0 spiro atoms. The first-order chi connectivity index (χ1) is 19.1. The lowest BCUT2D eigenvalue weighted by Crippen LogP contribution is -2.15. The lowest BCUT2D eigenvalue weighted by molar-refractivity contribution is 0.661. The van der Waals surface area contributed by atoms with E-state index in [9.17, 15) is 0 Å². The third-order valence-corrected chi connectivity index (χ3v) is 8.27. The minimum absolute atomic E-state index is 0.0636. The van der Waals surface area contributed by atoms with E-state index in [1.165, 1.54) is 66.4 Å². The summed E-state index contributed by atoms with van der Waals surface area (Å²) in [6, 6.07) is 48.7. The zero-order valence-electron chi connectivity index (χ0n) is 22.4. The van der Waals surface area contributed by atoms with Crippen LogP contribution in [-0.4, -0.2) is 0 Å². The number of rotatable bonds is 4. The molecule has 0 amide bonds. The van der Waals surface area contributed by atoms with Crippen LogP contribution < -0.4 is 0 Å². The Morgan fingerprint density at radius 1 is 0.410 bits per heavy atom. The molecule has 1 aliphatic carbocycles. The molecular formula is C39H30. The molecule has 186 valence electrons. The molecule has 0 heteroatoms. The SMILES string of the molecule is CC1(C)c2cc(-c3ccc(C=Cc4ccccc4)cc3)ccc2-c2ccc(-c3ccc4ccccc4c3)cc21. The van der Waals surface area contributed by atoms with Crippen molar-refractivity contribution in [1.29, 1.82) is 0 Å². The van der Waals surface area contributed by atoms with Crippen LogP contribution in [-0.2, 0) is 5.41 Å². The molecule has 6 aromatic carbocycles. The van der Waals surface area contributed by atoms with E-state index in [0.29, 0.717) is 0 Å². The smallest absolute Gasteiger partial charge is 0.0159 e. The van der Waals surface area contributed by atoms with Crippen molar-refractivity contribution >= 4 is 22.9 Å². The summed E-state index contributed by atoms with van der Waals surface area (Å²) in [6.07, 6.45) is 4.34. The average molecular weight is 499 g/mol. The van der Waals surface area contributed by atoms with Gasteiger partial charge in [-0.15, -0.1) is 0 Å². The molecule has 0 saturated heterocycles. The van der Waals surface area contributed by atoms with Gasteiger partial charge in [-0.05, 0) is 84.6 Å². The number of hydrogen-bond donors (Lipinski definition) is 0.